The van der Waals surface area contributed by atoms with Crippen LogP contribution in [-0.4, -0.2) is 23.3 Å². The molecule has 0 aliphatic heterocycles. The number of aliphatic hydroxyl groups excluding tert-OH is 1. The Labute approximate surface area is 190 Å². The highest BCUT2D eigenvalue weighted by Crippen LogP contribution is 2.64. The molecule has 31 heavy (non-hydrogen) atoms. The third-order valence-electron chi connectivity index (χ3n) is 9.91. The standard InChI is InChI=1S/C28H46O3/c1-17(2)7-6-8-18(3)25-11-12-26-23-16-27(30)24-15-20(31-19(4)29)9-10-21(24)22(23)13-14-28(25,26)5/h17-18,20,22-23,25-27,30H,6-16H2,1-5H3/t18-,20+,22-,23-,25-,26+,27-,28-/m1/s1. The molecule has 3 heteroatoms. The lowest BCUT2D eigenvalue weighted by Gasteiger charge is -2.54. The molecular weight excluding hydrogens is 384 g/mol. The summed E-state index contributed by atoms with van der Waals surface area (Å²) in [5, 5.41) is 11.1. The summed E-state index contributed by atoms with van der Waals surface area (Å²) in [6, 6.07) is 0. The van der Waals surface area contributed by atoms with Crippen LogP contribution in [0.1, 0.15) is 105 Å². The molecule has 0 heterocycles. The number of hydrogen-bond acceptors (Lipinski definition) is 3. The molecule has 0 aromatic rings. The van der Waals surface area contributed by atoms with Gasteiger partial charge in [0, 0.05) is 13.3 Å². The Morgan fingerprint density at radius 3 is 2.61 bits per heavy atom. The van der Waals surface area contributed by atoms with E-state index in [2.05, 4.69) is 27.7 Å². The highest BCUT2D eigenvalue weighted by molar-refractivity contribution is 5.66. The molecular formula is C28H46O3. The fourth-order valence-electron chi connectivity index (χ4n) is 8.54. The van der Waals surface area contributed by atoms with Gasteiger partial charge in [-0.2, -0.15) is 0 Å². The van der Waals surface area contributed by atoms with Crippen LogP contribution in [0.2, 0.25) is 0 Å². The number of esters is 1. The number of fused-ring (bicyclic) bond motifs is 4. The lowest BCUT2D eigenvalue weighted by molar-refractivity contribution is -0.147. The first-order valence-electron chi connectivity index (χ1n) is 13.3. The van der Waals surface area contributed by atoms with Gasteiger partial charge in [-0.3, -0.25) is 4.79 Å². The minimum absolute atomic E-state index is 0.0288. The minimum atomic E-state index is -0.320. The molecule has 0 saturated heterocycles. The van der Waals surface area contributed by atoms with Crippen molar-refractivity contribution in [2.75, 3.05) is 0 Å². The highest BCUT2D eigenvalue weighted by atomic mass is 16.5. The fraction of sp³-hybridized carbons (Fsp3) is 0.893. The van der Waals surface area contributed by atoms with Crippen LogP contribution in [0.5, 0.6) is 0 Å². The molecule has 0 aromatic heterocycles. The Morgan fingerprint density at radius 1 is 1.13 bits per heavy atom. The van der Waals surface area contributed by atoms with E-state index in [4.69, 9.17) is 4.74 Å². The monoisotopic (exact) mass is 430 g/mol. The zero-order valence-electron chi connectivity index (χ0n) is 20.7. The van der Waals surface area contributed by atoms with Gasteiger partial charge in [-0.1, -0.05) is 52.5 Å². The van der Waals surface area contributed by atoms with Gasteiger partial charge < -0.3 is 9.84 Å². The number of rotatable bonds is 6. The number of hydrogen-bond donors (Lipinski definition) is 1. The highest BCUT2D eigenvalue weighted by Gasteiger charge is 2.56. The van der Waals surface area contributed by atoms with E-state index in [0.717, 1.165) is 49.4 Å². The van der Waals surface area contributed by atoms with E-state index in [-0.39, 0.29) is 18.2 Å². The second kappa shape index (κ2) is 9.20. The Kier molecular flexibility index (Phi) is 6.92. The van der Waals surface area contributed by atoms with Crippen LogP contribution in [0.25, 0.3) is 0 Å². The Bertz CT molecular complexity index is 694. The van der Waals surface area contributed by atoms with Gasteiger partial charge in [0.25, 0.3) is 0 Å². The smallest absolute Gasteiger partial charge is 0.302 e. The van der Waals surface area contributed by atoms with Crippen LogP contribution >= 0.6 is 0 Å². The summed E-state index contributed by atoms with van der Waals surface area (Å²) in [6.07, 6.45) is 12.8. The summed E-state index contributed by atoms with van der Waals surface area (Å²) in [6.45, 7) is 11.3. The zero-order chi connectivity index (χ0) is 22.3. The van der Waals surface area contributed by atoms with Crippen molar-refractivity contribution >= 4 is 5.97 Å². The van der Waals surface area contributed by atoms with Crippen LogP contribution in [0.3, 0.4) is 0 Å². The maximum absolute atomic E-state index is 11.4. The van der Waals surface area contributed by atoms with Crippen LogP contribution < -0.4 is 0 Å². The van der Waals surface area contributed by atoms with Gasteiger partial charge in [0.2, 0.25) is 0 Å². The summed E-state index contributed by atoms with van der Waals surface area (Å²) in [7, 11) is 0. The van der Waals surface area contributed by atoms with Crippen molar-refractivity contribution in [3.8, 4) is 0 Å². The summed E-state index contributed by atoms with van der Waals surface area (Å²) >= 11 is 0. The average molecular weight is 431 g/mol. The van der Waals surface area contributed by atoms with Gasteiger partial charge in [0.1, 0.15) is 6.10 Å². The van der Waals surface area contributed by atoms with E-state index in [1.54, 1.807) is 5.57 Å². The maximum Gasteiger partial charge on any atom is 0.302 e. The molecule has 1 N–H and O–H groups in total. The maximum atomic E-state index is 11.4. The normalized spacial score (nSPS) is 40.9. The molecule has 0 unspecified atom stereocenters. The fourth-order valence-corrected chi connectivity index (χ4v) is 8.54. The minimum Gasteiger partial charge on any atom is -0.462 e. The number of carbonyl (C=O) groups excluding carboxylic acids is 1. The number of aliphatic hydroxyl groups is 1. The van der Waals surface area contributed by atoms with Gasteiger partial charge in [0.15, 0.2) is 0 Å². The van der Waals surface area contributed by atoms with Gasteiger partial charge in [0.05, 0.1) is 6.10 Å². The summed E-state index contributed by atoms with van der Waals surface area (Å²) in [5.41, 5.74) is 3.26. The van der Waals surface area contributed by atoms with Gasteiger partial charge >= 0.3 is 5.97 Å². The Balaban J connectivity index is 1.47. The van der Waals surface area contributed by atoms with Crippen LogP contribution in [0.15, 0.2) is 11.1 Å². The molecule has 0 radical (unpaired) electrons. The first kappa shape index (κ1) is 23.3. The molecule has 3 nitrogen and oxygen atoms in total. The number of carbonyl (C=O) groups is 1. The van der Waals surface area contributed by atoms with Crippen LogP contribution in [0.4, 0.5) is 0 Å². The number of allylic oxidation sites excluding steroid dienone is 1. The Morgan fingerprint density at radius 2 is 1.90 bits per heavy atom. The van der Waals surface area contributed by atoms with E-state index in [0.29, 0.717) is 17.3 Å². The van der Waals surface area contributed by atoms with Gasteiger partial charge in [-0.05, 0) is 91.4 Å². The molecule has 4 aliphatic carbocycles. The molecule has 176 valence electrons. The van der Waals surface area contributed by atoms with Crippen molar-refractivity contribution in [1.82, 2.24) is 0 Å². The molecule has 4 aliphatic rings. The third kappa shape index (κ3) is 4.50. The average Bonchev–Trinajstić information content (AvgIpc) is 3.05. The van der Waals surface area contributed by atoms with Crippen molar-refractivity contribution in [1.29, 1.82) is 0 Å². The lowest BCUT2D eigenvalue weighted by atomic mass is 9.51. The largest absolute Gasteiger partial charge is 0.462 e. The van der Waals surface area contributed by atoms with Crippen LogP contribution in [0, 0.1) is 40.9 Å². The zero-order valence-corrected chi connectivity index (χ0v) is 20.7. The third-order valence-corrected chi connectivity index (χ3v) is 9.91. The van der Waals surface area contributed by atoms with E-state index in [9.17, 15) is 9.90 Å². The van der Waals surface area contributed by atoms with E-state index >= 15 is 0 Å². The summed E-state index contributed by atoms with van der Waals surface area (Å²) in [4.78, 5) is 11.4. The second-order valence-corrected chi connectivity index (χ2v) is 12.2. The Hall–Kier alpha value is -0.830. The van der Waals surface area contributed by atoms with E-state index in [1.165, 1.54) is 57.4 Å². The van der Waals surface area contributed by atoms with E-state index < -0.39 is 0 Å². The summed E-state index contributed by atoms with van der Waals surface area (Å²) < 4.78 is 5.51. The van der Waals surface area contributed by atoms with Crippen molar-refractivity contribution in [2.45, 2.75) is 117 Å². The number of ether oxygens (including phenoxy) is 1. The first-order chi connectivity index (χ1) is 14.7. The topological polar surface area (TPSA) is 46.5 Å². The van der Waals surface area contributed by atoms with Crippen molar-refractivity contribution in [3.63, 3.8) is 0 Å². The first-order valence-corrected chi connectivity index (χ1v) is 13.3. The molecule has 2 saturated carbocycles. The second-order valence-electron chi connectivity index (χ2n) is 12.2. The van der Waals surface area contributed by atoms with Gasteiger partial charge in [-0.15, -0.1) is 0 Å². The predicted octanol–water partition coefficient (Wildman–Crippen LogP) is 6.68. The summed E-state index contributed by atoms with van der Waals surface area (Å²) in [5.74, 6) is 4.42. The van der Waals surface area contributed by atoms with E-state index in [1.807, 2.05) is 0 Å². The quantitative estimate of drug-likeness (QED) is 0.377. The predicted molar refractivity (Wildman–Crippen MR) is 125 cm³/mol. The van der Waals surface area contributed by atoms with Crippen molar-refractivity contribution in [2.24, 2.45) is 40.9 Å². The molecule has 0 aromatic carbocycles. The van der Waals surface area contributed by atoms with Crippen molar-refractivity contribution in [3.05, 3.63) is 11.1 Å². The van der Waals surface area contributed by atoms with Crippen molar-refractivity contribution < 1.29 is 14.6 Å². The lowest BCUT2D eigenvalue weighted by Crippen LogP contribution is -2.47. The van der Waals surface area contributed by atoms with Crippen LogP contribution in [-0.2, 0) is 9.53 Å². The molecule has 2 fully saturated rings. The molecule has 4 rings (SSSR count). The molecule has 0 amide bonds. The molecule has 8 atom stereocenters. The molecule has 0 bridgehead atoms. The molecule has 0 spiro atoms. The SMILES string of the molecule is CC(=O)O[C@H]1CCC2=C(C1)[C@H](O)C[C@@H]1[C@@H]2CC[C@]2(C)[C@@H]([C@H](C)CCCC(C)C)CC[C@@H]12. The van der Waals surface area contributed by atoms with Gasteiger partial charge in [-0.25, -0.2) is 0 Å².